The van der Waals surface area contributed by atoms with Gasteiger partial charge < -0.3 is 4.90 Å². The molecule has 6 nitrogen and oxygen atoms in total. The first kappa shape index (κ1) is 17.7. The van der Waals surface area contributed by atoms with Crippen molar-refractivity contribution in [2.75, 3.05) is 18.1 Å². The van der Waals surface area contributed by atoms with E-state index in [1.807, 2.05) is 0 Å². The number of amides is 1. The highest BCUT2D eigenvalue weighted by molar-refractivity contribution is 8.08. The monoisotopic (exact) mass is 387 g/mol. The van der Waals surface area contributed by atoms with Gasteiger partial charge >= 0.3 is 0 Å². The first-order chi connectivity index (χ1) is 13.0. The number of rotatable bonds is 3. The molecule has 4 rings (SSSR count). The minimum Gasteiger partial charge on any atom is -0.337 e. The molecule has 0 saturated carbocycles. The van der Waals surface area contributed by atoms with Crippen molar-refractivity contribution in [3.8, 4) is 0 Å². The number of halogens is 1. The highest BCUT2D eigenvalue weighted by atomic mass is 32.2. The highest BCUT2D eigenvalue weighted by Crippen LogP contribution is 2.33. The van der Waals surface area contributed by atoms with Gasteiger partial charge in [-0.15, -0.1) is 0 Å². The van der Waals surface area contributed by atoms with Gasteiger partial charge in [0.1, 0.15) is 5.82 Å². The van der Waals surface area contributed by atoms with Gasteiger partial charge in [0.15, 0.2) is 0 Å². The Morgan fingerprint density at radius 3 is 2.41 bits per heavy atom. The number of para-hydroxylation sites is 1. The molecule has 2 aliphatic rings. The molecule has 140 valence electrons. The molecule has 27 heavy (non-hydrogen) atoms. The molecule has 0 atom stereocenters. The SMILES string of the molecule is O=C(C1=NN(Cc2ccc(F)cc2)c2ccccc2S1(=O)=O)N1CCCC1. The lowest BCUT2D eigenvalue weighted by molar-refractivity contribution is -0.122. The number of likely N-dealkylation sites (tertiary alicyclic amines) is 1. The Balaban J connectivity index is 1.77. The molecule has 0 aliphatic carbocycles. The Hall–Kier alpha value is -2.74. The summed E-state index contributed by atoms with van der Waals surface area (Å²) in [7, 11) is -3.99. The summed E-state index contributed by atoms with van der Waals surface area (Å²) >= 11 is 0. The van der Waals surface area contributed by atoms with Gasteiger partial charge in [-0.05, 0) is 42.7 Å². The van der Waals surface area contributed by atoms with Gasteiger partial charge in [0.05, 0.1) is 17.1 Å². The number of carbonyl (C=O) groups is 1. The largest absolute Gasteiger partial charge is 0.337 e. The summed E-state index contributed by atoms with van der Waals surface area (Å²) in [5.74, 6) is -0.917. The molecule has 2 aromatic carbocycles. The summed E-state index contributed by atoms with van der Waals surface area (Å²) in [5, 5.41) is 5.25. The molecule has 0 aromatic heterocycles. The van der Waals surface area contributed by atoms with Gasteiger partial charge in [-0.2, -0.15) is 5.10 Å². The maximum Gasteiger partial charge on any atom is 0.286 e. The number of carbonyl (C=O) groups excluding carboxylic acids is 1. The molecule has 2 heterocycles. The first-order valence-electron chi connectivity index (χ1n) is 8.71. The Morgan fingerprint density at radius 1 is 1.04 bits per heavy atom. The van der Waals surface area contributed by atoms with Gasteiger partial charge in [-0.1, -0.05) is 24.3 Å². The normalized spacial score (nSPS) is 18.2. The van der Waals surface area contributed by atoms with Crippen LogP contribution in [0.4, 0.5) is 10.1 Å². The van der Waals surface area contributed by atoms with Crippen LogP contribution >= 0.6 is 0 Å². The van der Waals surface area contributed by atoms with Crippen LogP contribution in [0.1, 0.15) is 18.4 Å². The van der Waals surface area contributed by atoms with E-state index < -0.39 is 20.8 Å². The molecule has 2 aliphatic heterocycles. The van der Waals surface area contributed by atoms with Crippen LogP contribution < -0.4 is 5.01 Å². The summed E-state index contributed by atoms with van der Waals surface area (Å²) < 4.78 is 39.2. The zero-order valence-electron chi connectivity index (χ0n) is 14.5. The van der Waals surface area contributed by atoms with Crippen LogP contribution in [0.15, 0.2) is 58.5 Å². The van der Waals surface area contributed by atoms with Crippen molar-refractivity contribution >= 4 is 26.5 Å². The van der Waals surface area contributed by atoms with Crippen LogP contribution in [-0.4, -0.2) is 37.4 Å². The zero-order chi connectivity index (χ0) is 19.0. The molecule has 2 aromatic rings. The molecular formula is C19H18FN3O3S. The number of fused-ring (bicyclic) bond motifs is 1. The summed E-state index contributed by atoms with van der Waals surface area (Å²) in [6.07, 6.45) is 1.71. The van der Waals surface area contributed by atoms with E-state index in [1.165, 1.54) is 28.1 Å². The fraction of sp³-hybridized carbons (Fsp3) is 0.263. The number of hydrogen-bond donors (Lipinski definition) is 0. The smallest absolute Gasteiger partial charge is 0.286 e. The van der Waals surface area contributed by atoms with Crippen molar-refractivity contribution in [2.24, 2.45) is 5.10 Å². The van der Waals surface area contributed by atoms with E-state index in [0.29, 0.717) is 18.8 Å². The maximum absolute atomic E-state index is 13.2. The number of hydrazone groups is 1. The Morgan fingerprint density at radius 2 is 1.70 bits per heavy atom. The first-order valence-corrected chi connectivity index (χ1v) is 10.2. The van der Waals surface area contributed by atoms with Crippen LogP contribution in [0, 0.1) is 5.82 Å². The quantitative estimate of drug-likeness (QED) is 0.812. The second kappa shape index (κ2) is 6.77. The van der Waals surface area contributed by atoms with Gasteiger partial charge in [-0.3, -0.25) is 9.80 Å². The van der Waals surface area contributed by atoms with Crippen LogP contribution in [0.2, 0.25) is 0 Å². The lowest BCUT2D eigenvalue weighted by Gasteiger charge is -2.28. The molecule has 8 heteroatoms. The predicted octanol–water partition coefficient (Wildman–Crippen LogP) is 2.56. The van der Waals surface area contributed by atoms with E-state index >= 15 is 0 Å². The third-order valence-corrected chi connectivity index (χ3v) is 6.41. The summed E-state index contributed by atoms with van der Waals surface area (Å²) in [6, 6.07) is 12.4. The standard InChI is InChI=1S/C19H18FN3O3S/c20-15-9-7-14(8-10-15)13-23-16-5-1-2-6-17(16)27(25,26)18(21-23)19(24)22-11-3-4-12-22/h1-2,5-10H,3-4,11-13H2. The molecule has 1 saturated heterocycles. The van der Waals surface area contributed by atoms with Gasteiger partial charge in [0.25, 0.3) is 5.91 Å². The molecule has 0 unspecified atom stereocenters. The number of anilines is 1. The lowest BCUT2D eigenvalue weighted by Crippen LogP contribution is -2.42. The fourth-order valence-electron chi connectivity index (χ4n) is 3.32. The molecule has 0 spiro atoms. The van der Waals surface area contributed by atoms with Crippen LogP contribution in [-0.2, 0) is 21.2 Å². The summed E-state index contributed by atoms with van der Waals surface area (Å²) in [6.45, 7) is 1.30. The second-order valence-electron chi connectivity index (χ2n) is 6.56. The van der Waals surface area contributed by atoms with E-state index in [0.717, 1.165) is 18.4 Å². The van der Waals surface area contributed by atoms with Crippen LogP contribution in [0.5, 0.6) is 0 Å². The summed E-state index contributed by atoms with van der Waals surface area (Å²) in [4.78, 5) is 14.4. The van der Waals surface area contributed by atoms with E-state index in [-0.39, 0.29) is 17.3 Å². The number of benzene rings is 2. The molecular weight excluding hydrogens is 369 g/mol. The Bertz CT molecular complexity index is 1010. The van der Waals surface area contributed by atoms with Crippen molar-refractivity contribution in [1.82, 2.24) is 4.90 Å². The molecule has 0 bridgehead atoms. The van der Waals surface area contributed by atoms with Crippen molar-refractivity contribution in [2.45, 2.75) is 24.3 Å². The molecule has 0 radical (unpaired) electrons. The number of hydrogen-bond acceptors (Lipinski definition) is 5. The minimum atomic E-state index is -3.99. The van der Waals surface area contributed by atoms with Gasteiger partial charge in [0.2, 0.25) is 14.9 Å². The van der Waals surface area contributed by atoms with E-state index in [4.69, 9.17) is 0 Å². The average molecular weight is 387 g/mol. The minimum absolute atomic E-state index is 0.0599. The summed E-state index contributed by atoms with van der Waals surface area (Å²) in [5.41, 5.74) is 1.15. The topological polar surface area (TPSA) is 70.0 Å². The maximum atomic E-state index is 13.2. The highest BCUT2D eigenvalue weighted by Gasteiger charge is 2.39. The van der Waals surface area contributed by atoms with E-state index in [9.17, 15) is 17.6 Å². The number of sulfone groups is 1. The van der Waals surface area contributed by atoms with Crippen molar-refractivity contribution in [1.29, 1.82) is 0 Å². The number of nitrogens with zero attached hydrogens (tertiary/aromatic N) is 3. The average Bonchev–Trinajstić information content (AvgIpc) is 3.20. The Labute approximate surface area is 156 Å². The van der Waals surface area contributed by atoms with Crippen LogP contribution in [0.25, 0.3) is 0 Å². The third-order valence-electron chi connectivity index (χ3n) is 4.72. The van der Waals surface area contributed by atoms with Crippen molar-refractivity contribution in [3.05, 3.63) is 59.9 Å². The molecule has 1 amide bonds. The van der Waals surface area contributed by atoms with Crippen LogP contribution in [0.3, 0.4) is 0 Å². The van der Waals surface area contributed by atoms with Gasteiger partial charge in [0, 0.05) is 13.1 Å². The van der Waals surface area contributed by atoms with Crippen molar-refractivity contribution < 1.29 is 17.6 Å². The predicted molar refractivity (Wildman–Crippen MR) is 99.5 cm³/mol. The lowest BCUT2D eigenvalue weighted by atomic mass is 10.2. The Kier molecular flexibility index (Phi) is 4.43. The zero-order valence-corrected chi connectivity index (χ0v) is 15.3. The van der Waals surface area contributed by atoms with Crippen molar-refractivity contribution in [3.63, 3.8) is 0 Å². The molecule has 1 fully saturated rings. The van der Waals surface area contributed by atoms with E-state index in [1.54, 1.807) is 30.3 Å². The van der Waals surface area contributed by atoms with Gasteiger partial charge in [-0.25, -0.2) is 12.8 Å². The molecule has 0 N–H and O–H groups in total. The third kappa shape index (κ3) is 3.21. The van der Waals surface area contributed by atoms with E-state index in [2.05, 4.69) is 5.10 Å². The second-order valence-corrected chi connectivity index (χ2v) is 8.39. The fourth-order valence-corrected chi connectivity index (χ4v) is 4.80.